The van der Waals surface area contributed by atoms with Crippen LogP contribution in [0.5, 0.6) is 5.75 Å². The van der Waals surface area contributed by atoms with E-state index in [0.29, 0.717) is 36.1 Å². The number of benzene rings is 1. The number of rotatable bonds is 5. The molecule has 0 radical (unpaired) electrons. The van der Waals surface area contributed by atoms with E-state index >= 15 is 0 Å². The first kappa shape index (κ1) is 18.4. The van der Waals surface area contributed by atoms with E-state index in [4.69, 9.17) is 4.74 Å². The standard InChI is InChI=1S/C17H15F4N5O2/c1-9-4-14(26-16(24-9)22-8-23-26)25-15(11-6-27-7-11)10-2-3-13(12(18)5-10)28-17(19,20)21/h2-5,8,11,15,25H,6-7H2,1H3. The molecule has 1 saturated heterocycles. The lowest BCUT2D eigenvalue weighted by atomic mass is 9.91. The van der Waals surface area contributed by atoms with Crippen molar-refractivity contribution in [1.82, 2.24) is 19.6 Å². The normalized spacial score (nSPS) is 16.0. The molecule has 3 heterocycles. The zero-order chi connectivity index (χ0) is 19.9. The van der Waals surface area contributed by atoms with Crippen LogP contribution in [0, 0.1) is 18.7 Å². The monoisotopic (exact) mass is 397 g/mol. The number of nitrogens with one attached hydrogen (secondary N) is 1. The molecule has 2 aromatic heterocycles. The van der Waals surface area contributed by atoms with Crippen LogP contribution in [-0.4, -0.2) is 39.2 Å². The predicted octanol–water partition coefficient (Wildman–Crippen LogP) is 3.27. The number of ether oxygens (including phenoxy) is 2. The third kappa shape index (κ3) is 3.70. The number of aryl methyl sites for hydroxylation is 1. The van der Waals surface area contributed by atoms with Crippen LogP contribution in [-0.2, 0) is 4.74 Å². The molecule has 1 fully saturated rings. The second kappa shape index (κ2) is 6.89. The van der Waals surface area contributed by atoms with Crippen molar-refractivity contribution in [2.45, 2.75) is 19.3 Å². The predicted molar refractivity (Wildman–Crippen MR) is 89.3 cm³/mol. The minimum atomic E-state index is -4.96. The Labute approximate surface area is 156 Å². The van der Waals surface area contributed by atoms with E-state index in [2.05, 4.69) is 25.1 Å². The Morgan fingerprint density at radius 3 is 2.71 bits per heavy atom. The highest BCUT2D eigenvalue weighted by atomic mass is 19.4. The molecule has 1 N–H and O–H groups in total. The summed E-state index contributed by atoms with van der Waals surface area (Å²) >= 11 is 0. The Morgan fingerprint density at radius 1 is 1.29 bits per heavy atom. The minimum Gasteiger partial charge on any atom is -0.403 e. The molecule has 0 spiro atoms. The molecule has 7 nitrogen and oxygen atoms in total. The van der Waals surface area contributed by atoms with Gasteiger partial charge in [-0.3, -0.25) is 0 Å². The quantitative estimate of drug-likeness (QED) is 0.667. The first-order valence-corrected chi connectivity index (χ1v) is 8.37. The summed E-state index contributed by atoms with van der Waals surface area (Å²) in [5, 5.41) is 7.38. The molecule has 11 heteroatoms. The summed E-state index contributed by atoms with van der Waals surface area (Å²) in [5.74, 6) is -1.00. The van der Waals surface area contributed by atoms with Crippen LogP contribution >= 0.6 is 0 Å². The molecule has 28 heavy (non-hydrogen) atoms. The number of hydrogen-bond donors (Lipinski definition) is 1. The largest absolute Gasteiger partial charge is 0.573 e. The fraction of sp³-hybridized carbons (Fsp3) is 0.353. The maximum Gasteiger partial charge on any atom is 0.573 e. The fourth-order valence-electron chi connectivity index (χ4n) is 3.03. The molecule has 0 saturated carbocycles. The van der Waals surface area contributed by atoms with Gasteiger partial charge in [-0.1, -0.05) is 6.07 Å². The van der Waals surface area contributed by atoms with Gasteiger partial charge in [0.2, 0.25) is 0 Å². The molecule has 1 unspecified atom stereocenters. The van der Waals surface area contributed by atoms with Crippen LogP contribution in [0.2, 0.25) is 0 Å². The van der Waals surface area contributed by atoms with E-state index < -0.39 is 24.0 Å². The van der Waals surface area contributed by atoms with Crippen molar-refractivity contribution in [3.05, 3.63) is 47.7 Å². The van der Waals surface area contributed by atoms with E-state index in [9.17, 15) is 17.6 Å². The number of halogens is 4. The molecule has 3 aromatic rings. The van der Waals surface area contributed by atoms with Gasteiger partial charge in [0.25, 0.3) is 5.78 Å². The van der Waals surface area contributed by atoms with Crippen molar-refractivity contribution in [3.8, 4) is 5.75 Å². The van der Waals surface area contributed by atoms with Gasteiger partial charge in [0.1, 0.15) is 12.1 Å². The zero-order valence-electron chi connectivity index (χ0n) is 14.6. The minimum absolute atomic E-state index is 0.000766. The average Bonchev–Trinajstić information content (AvgIpc) is 3.01. The third-order valence-corrected chi connectivity index (χ3v) is 4.36. The van der Waals surface area contributed by atoms with Gasteiger partial charge in [-0.2, -0.15) is 14.6 Å². The lowest BCUT2D eigenvalue weighted by Crippen LogP contribution is -2.37. The Bertz CT molecular complexity index is 1000. The second-order valence-electron chi connectivity index (χ2n) is 6.41. The molecule has 148 valence electrons. The number of anilines is 1. The molecule has 1 aliphatic rings. The first-order chi connectivity index (χ1) is 13.3. The summed E-state index contributed by atoms with van der Waals surface area (Å²) in [5.41, 5.74) is 1.16. The molecule has 1 aliphatic heterocycles. The molecule has 1 aromatic carbocycles. The van der Waals surface area contributed by atoms with Gasteiger partial charge >= 0.3 is 6.36 Å². The highest BCUT2D eigenvalue weighted by Crippen LogP contribution is 2.34. The number of hydrogen-bond acceptors (Lipinski definition) is 6. The van der Waals surface area contributed by atoms with Crippen LogP contribution < -0.4 is 10.1 Å². The highest BCUT2D eigenvalue weighted by Gasteiger charge is 2.34. The highest BCUT2D eigenvalue weighted by molar-refractivity contribution is 5.47. The molecule has 1 atom stereocenters. The number of aromatic nitrogens is 4. The maximum atomic E-state index is 14.2. The summed E-state index contributed by atoms with van der Waals surface area (Å²) in [4.78, 5) is 8.31. The van der Waals surface area contributed by atoms with Crippen molar-refractivity contribution in [3.63, 3.8) is 0 Å². The van der Waals surface area contributed by atoms with Gasteiger partial charge in [-0.15, -0.1) is 13.2 Å². The van der Waals surface area contributed by atoms with Crippen LogP contribution in [0.3, 0.4) is 0 Å². The number of alkyl halides is 3. The summed E-state index contributed by atoms with van der Waals surface area (Å²) in [6.07, 6.45) is -3.60. The van der Waals surface area contributed by atoms with Crippen molar-refractivity contribution in [1.29, 1.82) is 0 Å². The van der Waals surface area contributed by atoms with Gasteiger partial charge < -0.3 is 14.8 Å². The van der Waals surface area contributed by atoms with E-state index in [-0.39, 0.29) is 5.92 Å². The molecule has 0 aliphatic carbocycles. The SMILES string of the molecule is Cc1cc(NC(c2ccc(OC(F)(F)F)c(F)c2)C2COC2)n2ncnc2n1. The van der Waals surface area contributed by atoms with Crippen molar-refractivity contribution >= 4 is 11.6 Å². The summed E-state index contributed by atoms with van der Waals surface area (Å²) in [6.45, 7) is 2.67. The zero-order valence-corrected chi connectivity index (χ0v) is 14.6. The average molecular weight is 397 g/mol. The Balaban J connectivity index is 1.67. The van der Waals surface area contributed by atoms with Crippen LogP contribution in [0.25, 0.3) is 5.78 Å². The number of fused-ring (bicyclic) bond motifs is 1. The molecule has 0 bridgehead atoms. The van der Waals surface area contributed by atoms with Gasteiger partial charge in [-0.05, 0) is 24.6 Å². The molecule has 0 amide bonds. The van der Waals surface area contributed by atoms with Gasteiger partial charge in [-0.25, -0.2) is 9.37 Å². The Kier molecular flexibility index (Phi) is 4.53. The van der Waals surface area contributed by atoms with Crippen molar-refractivity contribution in [2.24, 2.45) is 5.92 Å². The maximum absolute atomic E-state index is 14.2. The second-order valence-corrected chi connectivity index (χ2v) is 6.41. The smallest absolute Gasteiger partial charge is 0.403 e. The van der Waals surface area contributed by atoms with E-state index in [0.717, 1.165) is 12.1 Å². The lowest BCUT2D eigenvalue weighted by Gasteiger charge is -2.35. The van der Waals surface area contributed by atoms with Gasteiger partial charge in [0, 0.05) is 17.7 Å². The van der Waals surface area contributed by atoms with Crippen LogP contribution in [0.4, 0.5) is 23.4 Å². The molecular weight excluding hydrogens is 382 g/mol. The fourth-order valence-corrected chi connectivity index (χ4v) is 3.03. The third-order valence-electron chi connectivity index (χ3n) is 4.36. The number of nitrogens with zero attached hydrogens (tertiary/aromatic N) is 4. The lowest BCUT2D eigenvalue weighted by molar-refractivity contribution is -0.275. The van der Waals surface area contributed by atoms with Crippen molar-refractivity contribution in [2.75, 3.05) is 18.5 Å². The van der Waals surface area contributed by atoms with Gasteiger partial charge in [0.05, 0.1) is 19.3 Å². The Hall–Kier alpha value is -2.95. The van der Waals surface area contributed by atoms with E-state index in [1.165, 1.54) is 16.9 Å². The molecular formula is C17H15F4N5O2. The van der Waals surface area contributed by atoms with Crippen molar-refractivity contribution < 1.29 is 27.0 Å². The van der Waals surface area contributed by atoms with E-state index in [1.54, 1.807) is 13.0 Å². The topological polar surface area (TPSA) is 73.6 Å². The molecule has 4 rings (SSSR count). The van der Waals surface area contributed by atoms with E-state index in [1.807, 2.05) is 0 Å². The van der Waals surface area contributed by atoms with Gasteiger partial charge in [0.15, 0.2) is 11.6 Å². The summed E-state index contributed by atoms with van der Waals surface area (Å²) in [6, 6.07) is 4.73. The first-order valence-electron chi connectivity index (χ1n) is 8.37. The Morgan fingerprint density at radius 2 is 2.07 bits per heavy atom. The summed E-state index contributed by atoms with van der Waals surface area (Å²) < 4.78 is 61.8. The summed E-state index contributed by atoms with van der Waals surface area (Å²) in [7, 11) is 0. The van der Waals surface area contributed by atoms with Crippen LogP contribution in [0.15, 0.2) is 30.6 Å². The van der Waals surface area contributed by atoms with Crippen LogP contribution in [0.1, 0.15) is 17.3 Å².